The summed E-state index contributed by atoms with van der Waals surface area (Å²) >= 11 is 0. The maximum absolute atomic E-state index is 13.0. The first-order chi connectivity index (χ1) is 13.5. The van der Waals surface area contributed by atoms with E-state index in [1.165, 1.54) is 24.0 Å². The normalized spacial score (nSPS) is 18.5. The maximum Gasteiger partial charge on any atom is 0.243 e. The summed E-state index contributed by atoms with van der Waals surface area (Å²) < 4.78 is 27.6. The highest BCUT2D eigenvalue weighted by Crippen LogP contribution is 2.41. The molecule has 0 spiro atoms. The molecule has 2 aromatic rings. The van der Waals surface area contributed by atoms with Crippen molar-refractivity contribution in [2.45, 2.75) is 50.5 Å². The first-order valence-electron chi connectivity index (χ1n) is 10.4. The third kappa shape index (κ3) is 4.38. The standard InChI is InChI=1S/C23H30N2O2S.ClH/c1-3-25(28(26,27)21-10-4-7-18(2)17-21)15-6-14-24-16-13-20-9-5-8-19-11-12-22(24)23(19)20;/h4-5,7-10,17,22H,3,6,11-16H2,1-2H3;1H. The minimum absolute atomic E-state index is 0. The molecule has 1 heterocycles. The Morgan fingerprint density at radius 3 is 2.55 bits per heavy atom. The molecule has 158 valence electrons. The van der Waals surface area contributed by atoms with Gasteiger partial charge in [-0.05, 0) is 67.0 Å². The van der Waals surface area contributed by atoms with Crippen molar-refractivity contribution in [1.82, 2.24) is 9.21 Å². The van der Waals surface area contributed by atoms with E-state index >= 15 is 0 Å². The van der Waals surface area contributed by atoms with Crippen LogP contribution in [0.3, 0.4) is 0 Å². The van der Waals surface area contributed by atoms with Gasteiger partial charge >= 0.3 is 0 Å². The molecule has 0 fully saturated rings. The van der Waals surface area contributed by atoms with Gasteiger partial charge in [-0.3, -0.25) is 4.90 Å². The zero-order valence-electron chi connectivity index (χ0n) is 17.3. The van der Waals surface area contributed by atoms with Crippen molar-refractivity contribution in [2.24, 2.45) is 0 Å². The predicted octanol–water partition coefficient (Wildman–Crippen LogP) is 4.36. The van der Waals surface area contributed by atoms with E-state index in [0.29, 0.717) is 24.0 Å². The summed E-state index contributed by atoms with van der Waals surface area (Å²) in [7, 11) is -3.42. The van der Waals surface area contributed by atoms with E-state index in [1.54, 1.807) is 22.0 Å². The third-order valence-electron chi connectivity index (χ3n) is 6.25. The van der Waals surface area contributed by atoms with Gasteiger partial charge < -0.3 is 0 Å². The molecule has 4 rings (SSSR count). The molecule has 1 aliphatic carbocycles. The molecule has 1 unspecified atom stereocenters. The lowest BCUT2D eigenvalue weighted by Crippen LogP contribution is -2.38. The molecule has 1 atom stereocenters. The summed E-state index contributed by atoms with van der Waals surface area (Å²) in [5.41, 5.74) is 5.58. The molecule has 0 radical (unpaired) electrons. The lowest BCUT2D eigenvalue weighted by atomic mass is 9.93. The number of sulfonamides is 1. The van der Waals surface area contributed by atoms with Gasteiger partial charge in [0.1, 0.15) is 0 Å². The highest BCUT2D eigenvalue weighted by atomic mass is 35.5. The van der Waals surface area contributed by atoms with Crippen molar-refractivity contribution in [3.8, 4) is 0 Å². The second-order valence-corrected chi connectivity index (χ2v) is 9.94. The first kappa shape index (κ1) is 22.3. The zero-order valence-corrected chi connectivity index (χ0v) is 18.9. The fourth-order valence-corrected chi connectivity index (χ4v) is 6.44. The van der Waals surface area contributed by atoms with Crippen LogP contribution in [0.2, 0.25) is 0 Å². The largest absolute Gasteiger partial charge is 0.296 e. The summed E-state index contributed by atoms with van der Waals surface area (Å²) in [5.74, 6) is 0. The zero-order chi connectivity index (χ0) is 19.7. The summed E-state index contributed by atoms with van der Waals surface area (Å²) in [6.45, 7) is 6.97. The van der Waals surface area contributed by atoms with Gasteiger partial charge in [0.15, 0.2) is 0 Å². The van der Waals surface area contributed by atoms with Crippen molar-refractivity contribution in [3.05, 3.63) is 64.7 Å². The molecule has 0 bridgehead atoms. The van der Waals surface area contributed by atoms with Gasteiger partial charge in [-0.25, -0.2) is 8.42 Å². The molecule has 0 amide bonds. The Hall–Kier alpha value is -1.40. The fourth-order valence-electron chi connectivity index (χ4n) is 4.84. The van der Waals surface area contributed by atoms with E-state index in [-0.39, 0.29) is 12.4 Å². The number of nitrogens with zero attached hydrogens (tertiary/aromatic N) is 2. The molecule has 2 aliphatic rings. The Bertz CT molecular complexity index is 961. The average Bonchev–Trinajstić information content (AvgIpc) is 3.13. The van der Waals surface area contributed by atoms with Crippen LogP contribution in [0.1, 0.15) is 48.1 Å². The number of hydrogen-bond acceptors (Lipinski definition) is 3. The van der Waals surface area contributed by atoms with Crippen LogP contribution in [0.4, 0.5) is 0 Å². The summed E-state index contributed by atoms with van der Waals surface area (Å²) in [6.07, 6.45) is 4.35. The van der Waals surface area contributed by atoms with Crippen LogP contribution in [0.15, 0.2) is 47.4 Å². The van der Waals surface area contributed by atoms with E-state index in [4.69, 9.17) is 0 Å². The van der Waals surface area contributed by atoms with Crippen LogP contribution in [0, 0.1) is 6.92 Å². The van der Waals surface area contributed by atoms with Crippen LogP contribution in [-0.2, 0) is 22.9 Å². The van der Waals surface area contributed by atoms with Crippen molar-refractivity contribution in [1.29, 1.82) is 0 Å². The minimum atomic E-state index is -3.42. The van der Waals surface area contributed by atoms with Crippen LogP contribution in [-0.4, -0.2) is 43.8 Å². The van der Waals surface area contributed by atoms with Gasteiger partial charge in [0.05, 0.1) is 4.90 Å². The molecular formula is C23H31ClN2O2S. The molecule has 29 heavy (non-hydrogen) atoms. The third-order valence-corrected chi connectivity index (χ3v) is 8.22. The molecule has 0 saturated heterocycles. The van der Waals surface area contributed by atoms with E-state index in [0.717, 1.165) is 31.5 Å². The van der Waals surface area contributed by atoms with Crippen molar-refractivity contribution in [2.75, 3.05) is 26.2 Å². The van der Waals surface area contributed by atoms with Gasteiger partial charge in [0.25, 0.3) is 0 Å². The summed E-state index contributed by atoms with van der Waals surface area (Å²) in [5, 5.41) is 0. The smallest absolute Gasteiger partial charge is 0.243 e. The number of halogens is 1. The molecule has 1 aliphatic heterocycles. The lowest BCUT2D eigenvalue weighted by Gasteiger charge is -2.35. The Balaban J connectivity index is 0.00000240. The number of benzene rings is 2. The highest BCUT2D eigenvalue weighted by molar-refractivity contribution is 7.89. The van der Waals surface area contributed by atoms with Gasteiger partial charge in [-0.15, -0.1) is 12.4 Å². The van der Waals surface area contributed by atoms with Crippen LogP contribution in [0.5, 0.6) is 0 Å². The van der Waals surface area contributed by atoms with Gasteiger partial charge in [-0.2, -0.15) is 4.31 Å². The number of hydrogen-bond donors (Lipinski definition) is 0. The average molecular weight is 435 g/mol. The summed E-state index contributed by atoms with van der Waals surface area (Å²) in [6, 6.07) is 14.5. The SMILES string of the molecule is CCN(CCCN1CCc2cccc3c2C1CC3)S(=O)(=O)c1cccc(C)c1.Cl. The monoisotopic (exact) mass is 434 g/mol. The van der Waals surface area contributed by atoms with E-state index < -0.39 is 10.0 Å². The second kappa shape index (κ2) is 9.17. The number of aryl methyl sites for hydroxylation is 2. The van der Waals surface area contributed by atoms with Crippen LogP contribution in [0.25, 0.3) is 0 Å². The van der Waals surface area contributed by atoms with Crippen LogP contribution >= 0.6 is 12.4 Å². The quantitative estimate of drug-likeness (QED) is 0.649. The summed E-state index contributed by atoms with van der Waals surface area (Å²) in [4.78, 5) is 2.98. The predicted molar refractivity (Wildman–Crippen MR) is 120 cm³/mol. The van der Waals surface area contributed by atoms with Crippen molar-refractivity contribution in [3.63, 3.8) is 0 Å². The molecule has 0 N–H and O–H groups in total. The number of rotatable bonds is 7. The molecule has 4 nitrogen and oxygen atoms in total. The molecule has 0 saturated carbocycles. The minimum Gasteiger partial charge on any atom is -0.296 e. The van der Waals surface area contributed by atoms with Crippen LogP contribution < -0.4 is 0 Å². The van der Waals surface area contributed by atoms with Gasteiger partial charge in [-0.1, -0.05) is 37.3 Å². The molecule has 0 aromatic heterocycles. The Kier molecular flexibility index (Phi) is 7.05. The van der Waals surface area contributed by atoms with E-state index in [9.17, 15) is 8.42 Å². The van der Waals surface area contributed by atoms with E-state index in [2.05, 4.69) is 23.1 Å². The second-order valence-electron chi connectivity index (χ2n) is 8.00. The van der Waals surface area contributed by atoms with E-state index in [1.807, 2.05) is 26.0 Å². The van der Waals surface area contributed by atoms with Gasteiger partial charge in [0.2, 0.25) is 10.0 Å². The lowest BCUT2D eigenvalue weighted by molar-refractivity contribution is 0.179. The first-order valence-corrected chi connectivity index (χ1v) is 11.9. The van der Waals surface area contributed by atoms with Gasteiger partial charge in [0, 0.05) is 32.2 Å². The van der Waals surface area contributed by atoms with Crippen molar-refractivity contribution >= 4 is 22.4 Å². The topological polar surface area (TPSA) is 40.6 Å². The Labute approximate surface area is 181 Å². The highest BCUT2D eigenvalue weighted by Gasteiger charge is 2.33. The van der Waals surface area contributed by atoms with Crippen molar-refractivity contribution < 1.29 is 8.42 Å². The molecule has 2 aromatic carbocycles. The molecular weight excluding hydrogens is 404 g/mol. The Morgan fingerprint density at radius 2 is 1.83 bits per heavy atom. The fraction of sp³-hybridized carbons (Fsp3) is 0.478. The Morgan fingerprint density at radius 1 is 1.10 bits per heavy atom. The maximum atomic E-state index is 13.0. The molecule has 6 heteroatoms.